The van der Waals surface area contributed by atoms with E-state index in [-0.39, 0.29) is 11.9 Å². The van der Waals surface area contributed by atoms with Gasteiger partial charge in [0.1, 0.15) is 4.88 Å². The molecule has 0 aromatic carbocycles. The van der Waals surface area contributed by atoms with Crippen molar-refractivity contribution < 1.29 is 9.32 Å². The average Bonchev–Trinajstić information content (AvgIpc) is 2.99. The molecular formula is C16H20N4O2S. The van der Waals surface area contributed by atoms with Crippen LogP contribution in [0.2, 0.25) is 0 Å². The van der Waals surface area contributed by atoms with Crippen molar-refractivity contribution in [2.75, 3.05) is 6.54 Å². The number of rotatable bonds is 4. The maximum atomic E-state index is 12.9. The zero-order valence-electron chi connectivity index (χ0n) is 13.4. The van der Waals surface area contributed by atoms with Gasteiger partial charge in [0.05, 0.1) is 16.7 Å². The summed E-state index contributed by atoms with van der Waals surface area (Å²) in [4.78, 5) is 24.6. The van der Waals surface area contributed by atoms with Crippen molar-refractivity contribution in [2.24, 2.45) is 0 Å². The molecule has 3 heterocycles. The topological polar surface area (TPSA) is 72.1 Å². The molecule has 1 saturated carbocycles. The van der Waals surface area contributed by atoms with Crippen molar-refractivity contribution in [3.05, 3.63) is 27.3 Å². The fourth-order valence-corrected chi connectivity index (χ4v) is 4.05. The van der Waals surface area contributed by atoms with Gasteiger partial charge in [-0.1, -0.05) is 12.1 Å². The van der Waals surface area contributed by atoms with Crippen molar-refractivity contribution in [1.29, 1.82) is 0 Å². The number of likely N-dealkylation sites (tertiary alicyclic amines) is 1. The zero-order chi connectivity index (χ0) is 16.0. The van der Waals surface area contributed by atoms with Crippen LogP contribution in [0.3, 0.4) is 0 Å². The highest BCUT2D eigenvalue weighted by molar-refractivity contribution is 7.13. The van der Waals surface area contributed by atoms with Crippen molar-refractivity contribution in [2.45, 2.75) is 57.9 Å². The lowest BCUT2D eigenvalue weighted by atomic mass is 10.2. The van der Waals surface area contributed by atoms with Crippen LogP contribution in [0, 0.1) is 6.92 Å². The molecule has 2 aromatic rings. The zero-order valence-corrected chi connectivity index (χ0v) is 14.2. The second kappa shape index (κ2) is 5.70. The van der Waals surface area contributed by atoms with Crippen LogP contribution in [0.4, 0.5) is 0 Å². The highest BCUT2D eigenvalue weighted by atomic mass is 32.1. The van der Waals surface area contributed by atoms with Gasteiger partial charge in [0.15, 0.2) is 5.82 Å². The van der Waals surface area contributed by atoms with E-state index >= 15 is 0 Å². The Bertz CT molecular complexity index is 734. The van der Waals surface area contributed by atoms with Crippen LogP contribution in [-0.2, 0) is 6.42 Å². The van der Waals surface area contributed by atoms with Crippen molar-refractivity contribution in [3.8, 4) is 0 Å². The Morgan fingerprint density at radius 1 is 1.35 bits per heavy atom. The monoisotopic (exact) mass is 332 g/mol. The molecular weight excluding hydrogens is 312 g/mol. The molecule has 122 valence electrons. The molecule has 4 rings (SSSR count). The molecule has 1 aliphatic carbocycles. The predicted molar refractivity (Wildman–Crippen MR) is 85.5 cm³/mol. The van der Waals surface area contributed by atoms with Crippen molar-refractivity contribution in [3.63, 3.8) is 0 Å². The van der Waals surface area contributed by atoms with E-state index in [0.29, 0.717) is 11.7 Å². The predicted octanol–water partition coefficient (Wildman–Crippen LogP) is 3.25. The van der Waals surface area contributed by atoms with Crippen LogP contribution in [0.25, 0.3) is 0 Å². The summed E-state index contributed by atoms with van der Waals surface area (Å²) in [5.74, 6) is 1.90. The molecule has 23 heavy (non-hydrogen) atoms. The highest BCUT2D eigenvalue weighted by Crippen LogP contribution is 2.40. The third kappa shape index (κ3) is 2.67. The molecule has 1 saturated heterocycles. The summed E-state index contributed by atoms with van der Waals surface area (Å²) >= 11 is 1.51. The van der Waals surface area contributed by atoms with E-state index in [2.05, 4.69) is 22.0 Å². The number of nitrogens with zero attached hydrogens (tertiary/aromatic N) is 4. The lowest BCUT2D eigenvalue weighted by molar-refractivity contribution is 0.0732. The largest absolute Gasteiger partial charge is 0.339 e. The van der Waals surface area contributed by atoms with Gasteiger partial charge in [-0.2, -0.15) is 4.98 Å². The summed E-state index contributed by atoms with van der Waals surface area (Å²) < 4.78 is 5.37. The Morgan fingerprint density at radius 3 is 2.87 bits per heavy atom. The third-order valence-corrected chi connectivity index (χ3v) is 5.82. The average molecular weight is 332 g/mol. The lowest BCUT2D eigenvalue weighted by Crippen LogP contribution is -2.31. The first-order valence-corrected chi connectivity index (χ1v) is 9.09. The van der Waals surface area contributed by atoms with E-state index in [0.717, 1.165) is 60.1 Å². The quantitative estimate of drug-likeness (QED) is 0.859. The number of amides is 1. The Hall–Kier alpha value is -1.76. The van der Waals surface area contributed by atoms with Gasteiger partial charge >= 0.3 is 0 Å². The molecule has 1 aliphatic heterocycles. The molecule has 0 N–H and O–H groups in total. The van der Waals surface area contributed by atoms with Crippen LogP contribution < -0.4 is 0 Å². The minimum Gasteiger partial charge on any atom is -0.339 e. The molecule has 1 atom stereocenters. The summed E-state index contributed by atoms with van der Waals surface area (Å²) in [7, 11) is 0. The first-order chi connectivity index (χ1) is 11.2. The van der Waals surface area contributed by atoms with Crippen LogP contribution in [0.5, 0.6) is 0 Å². The summed E-state index contributed by atoms with van der Waals surface area (Å²) in [6.45, 7) is 4.72. The van der Waals surface area contributed by atoms with E-state index < -0.39 is 0 Å². The number of hydrogen-bond donors (Lipinski definition) is 0. The number of carbonyl (C=O) groups is 1. The SMILES string of the molecule is CCc1nc(C)c(C(=O)N2CCCC2c2noc(C3CC3)n2)s1. The van der Waals surface area contributed by atoms with Gasteiger partial charge in [0.25, 0.3) is 5.91 Å². The molecule has 6 nitrogen and oxygen atoms in total. The Morgan fingerprint density at radius 2 is 2.17 bits per heavy atom. The van der Waals surface area contributed by atoms with E-state index in [1.807, 2.05) is 11.8 Å². The molecule has 0 radical (unpaired) electrons. The van der Waals surface area contributed by atoms with Crippen molar-refractivity contribution in [1.82, 2.24) is 20.0 Å². The van der Waals surface area contributed by atoms with Gasteiger partial charge in [-0.25, -0.2) is 4.98 Å². The van der Waals surface area contributed by atoms with Gasteiger partial charge in [-0.3, -0.25) is 4.79 Å². The lowest BCUT2D eigenvalue weighted by Gasteiger charge is -2.21. The van der Waals surface area contributed by atoms with Crippen LogP contribution in [-0.4, -0.2) is 32.5 Å². The fourth-order valence-electron chi connectivity index (χ4n) is 3.09. The minimum atomic E-state index is -0.0645. The van der Waals surface area contributed by atoms with Crippen LogP contribution >= 0.6 is 11.3 Å². The molecule has 1 amide bonds. The maximum absolute atomic E-state index is 12.9. The molecule has 2 aromatic heterocycles. The van der Waals surface area contributed by atoms with Gasteiger partial charge < -0.3 is 9.42 Å². The fraction of sp³-hybridized carbons (Fsp3) is 0.625. The van der Waals surface area contributed by atoms with Crippen LogP contribution in [0.15, 0.2) is 4.52 Å². The number of aromatic nitrogens is 3. The Kier molecular flexibility index (Phi) is 3.67. The normalized spacial score (nSPS) is 21.1. The summed E-state index contributed by atoms with van der Waals surface area (Å²) in [6.07, 6.45) is 5.00. The van der Waals surface area contributed by atoms with Gasteiger partial charge in [-0.15, -0.1) is 11.3 Å². The third-order valence-electron chi connectivity index (χ3n) is 4.53. The van der Waals surface area contributed by atoms with Crippen LogP contribution in [0.1, 0.15) is 76.7 Å². The number of carbonyl (C=O) groups excluding carboxylic acids is 1. The van der Waals surface area contributed by atoms with E-state index in [4.69, 9.17) is 4.52 Å². The molecule has 0 bridgehead atoms. The molecule has 1 unspecified atom stereocenters. The first kappa shape index (κ1) is 14.8. The second-order valence-electron chi connectivity index (χ2n) is 6.30. The standard InChI is InChI=1S/C16H20N4O2S/c1-3-12-17-9(2)13(23-12)16(21)20-8-4-5-11(20)14-18-15(22-19-14)10-6-7-10/h10-11H,3-8H2,1-2H3. The smallest absolute Gasteiger partial charge is 0.266 e. The summed E-state index contributed by atoms with van der Waals surface area (Å²) in [5.41, 5.74) is 0.828. The number of aryl methyl sites for hydroxylation is 2. The number of thiazole rings is 1. The van der Waals surface area contributed by atoms with E-state index in [1.54, 1.807) is 0 Å². The van der Waals surface area contributed by atoms with Gasteiger partial charge in [0.2, 0.25) is 5.89 Å². The molecule has 2 fully saturated rings. The molecule has 0 spiro atoms. The Labute approximate surface area is 138 Å². The van der Waals surface area contributed by atoms with Crippen molar-refractivity contribution >= 4 is 17.2 Å². The number of hydrogen-bond acceptors (Lipinski definition) is 6. The highest BCUT2D eigenvalue weighted by Gasteiger charge is 2.37. The molecule has 2 aliphatic rings. The Balaban J connectivity index is 1.58. The van der Waals surface area contributed by atoms with Gasteiger partial charge in [0, 0.05) is 12.5 Å². The van der Waals surface area contributed by atoms with E-state index in [9.17, 15) is 4.79 Å². The molecule has 7 heteroatoms. The summed E-state index contributed by atoms with van der Waals surface area (Å²) in [6, 6.07) is -0.0645. The van der Waals surface area contributed by atoms with E-state index in [1.165, 1.54) is 11.3 Å². The summed E-state index contributed by atoms with van der Waals surface area (Å²) in [5, 5.41) is 5.15. The first-order valence-electron chi connectivity index (χ1n) is 8.28. The van der Waals surface area contributed by atoms with Gasteiger partial charge in [-0.05, 0) is 39.0 Å². The minimum absolute atomic E-state index is 0.0555. The maximum Gasteiger partial charge on any atom is 0.266 e. The second-order valence-corrected chi connectivity index (χ2v) is 7.38.